The summed E-state index contributed by atoms with van der Waals surface area (Å²) in [5, 5.41) is 4.55. The average molecular weight is 279 g/mol. The van der Waals surface area contributed by atoms with Gasteiger partial charge in [-0.15, -0.1) is 0 Å². The fraction of sp³-hybridized carbons (Fsp3) is 0.0714. The van der Waals surface area contributed by atoms with Crippen LogP contribution in [0.1, 0.15) is 5.56 Å². The van der Waals surface area contributed by atoms with Crippen LogP contribution in [0.5, 0.6) is 5.75 Å². The first kappa shape index (κ1) is 13.4. The lowest BCUT2D eigenvalue weighted by molar-refractivity contribution is 0.415. The van der Waals surface area contributed by atoms with Gasteiger partial charge in [0, 0.05) is 0 Å². The molecule has 2 rings (SSSR count). The first-order valence-electron chi connectivity index (χ1n) is 5.57. The van der Waals surface area contributed by atoms with Gasteiger partial charge in [0.1, 0.15) is 11.6 Å². The van der Waals surface area contributed by atoms with Crippen LogP contribution in [-0.2, 0) is 0 Å². The molecule has 2 aromatic carbocycles. The van der Waals surface area contributed by atoms with E-state index in [2.05, 4.69) is 10.5 Å². The Hall–Kier alpha value is -2.07. The van der Waals surface area contributed by atoms with E-state index in [1.165, 1.54) is 12.1 Å². The zero-order valence-electron chi connectivity index (χ0n) is 10.2. The van der Waals surface area contributed by atoms with Crippen LogP contribution in [0.4, 0.5) is 10.1 Å². The third-order valence-electron chi connectivity index (χ3n) is 2.43. The third kappa shape index (κ3) is 3.69. The molecular weight excluding hydrogens is 267 g/mol. The molecule has 0 heterocycles. The highest BCUT2D eigenvalue weighted by Crippen LogP contribution is 2.27. The SMILES string of the molecule is COc1ccc(N/N=C/c2ccc(F)cc2)cc1Cl. The molecule has 0 radical (unpaired) electrons. The molecule has 0 aliphatic carbocycles. The maximum atomic E-state index is 12.7. The van der Waals surface area contributed by atoms with Crippen LogP contribution in [0.25, 0.3) is 0 Å². The Morgan fingerprint density at radius 3 is 2.58 bits per heavy atom. The molecule has 1 N–H and O–H groups in total. The molecule has 3 nitrogen and oxygen atoms in total. The van der Waals surface area contributed by atoms with E-state index in [0.29, 0.717) is 10.8 Å². The molecule has 0 bridgehead atoms. The van der Waals surface area contributed by atoms with Crippen molar-refractivity contribution in [3.63, 3.8) is 0 Å². The minimum atomic E-state index is -0.271. The van der Waals surface area contributed by atoms with E-state index in [0.717, 1.165) is 11.3 Å². The van der Waals surface area contributed by atoms with E-state index in [1.54, 1.807) is 43.7 Å². The second-order valence-corrected chi connectivity index (χ2v) is 4.18. The van der Waals surface area contributed by atoms with Crippen molar-refractivity contribution in [3.8, 4) is 5.75 Å². The summed E-state index contributed by atoms with van der Waals surface area (Å²) in [6.07, 6.45) is 1.59. The van der Waals surface area contributed by atoms with Crippen molar-refractivity contribution in [2.45, 2.75) is 0 Å². The number of rotatable bonds is 4. The van der Waals surface area contributed by atoms with Gasteiger partial charge in [-0.1, -0.05) is 23.7 Å². The minimum absolute atomic E-state index is 0.271. The number of nitrogens with one attached hydrogen (secondary N) is 1. The predicted octanol–water partition coefficient (Wildman–Crippen LogP) is 3.93. The summed E-state index contributed by atoms with van der Waals surface area (Å²) in [5.74, 6) is 0.335. The van der Waals surface area contributed by atoms with E-state index < -0.39 is 0 Å². The van der Waals surface area contributed by atoms with Gasteiger partial charge in [-0.25, -0.2) is 4.39 Å². The van der Waals surface area contributed by atoms with Crippen LogP contribution in [-0.4, -0.2) is 13.3 Å². The van der Waals surface area contributed by atoms with Crippen molar-refractivity contribution >= 4 is 23.5 Å². The molecule has 0 fully saturated rings. The Kier molecular flexibility index (Phi) is 4.36. The topological polar surface area (TPSA) is 33.6 Å². The fourth-order valence-corrected chi connectivity index (χ4v) is 1.72. The Balaban J connectivity index is 2.02. The molecule has 0 saturated carbocycles. The van der Waals surface area contributed by atoms with Gasteiger partial charge in [-0.05, 0) is 35.9 Å². The molecule has 0 unspecified atom stereocenters. The quantitative estimate of drug-likeness (QED) is 0.679. The molecule has 0 saturated heterocycles. The van der Waals surface area contributed by atoms with Crippen LogP contribution in [0, 0.1) is 5.82 Å². The number of halogens is 2. The highest BCUT2D eigenvalue weighted by atomic mass is 35.5. The van der Waals surface area contributed by atoms with E-state index >= 15 is 0 Å². The second kappa shape index (κ2) is 6.20. The van der Waals surface area contributed by atoms with Gasteiger partial charge >= 0.3 is 0 Å². The summed E-state index contributed by atoms with van der Waals surface area (Å²) in [7, 11) is 1.56. The van der Waals surface area contributed by atoms with Crippen molar-refractivity contribution < 1.29 is 9.13 Å². The zero-order valence-corrected chi connectivity index (χ0v) is 11.0. The van der Waals surface area contributed by atoms with Crippen molar-refractivity contribution in [3.05, 3.63) is 58.9 Å². The number of hydrazone groups is 1. The number of nitrogens with zero attached hydrogens (tertiary/aromatic N) is 1. The monoisotopic (exact) mass is 278 g/mol. The number of hydrogen-bond donors (Lipinski definition) is 1. The molecular formula is C14H12ClFN2O. The van der Waals surface area contributed by atoms with Gasteiger partial charge in [-0.3, -0.25) is 5.43 Å². The van der Waals surface area contributed by atoms with Gasteiger partial charge in [0.05, 0.1) is 24.0 Å². The van der Waals surface area contributed by atoms with Crippen molar-refractivity contribution in [1.29, 1.82) is 0 Å². The summed E-state index contributed by atoms with van der Waals surface area (Å²) in [6, 6.07) is 11.3. The molecule has 0 amide bonds. The summed E-state index contributed by atoms with van der Waals surface area (Å²) in [6.45, 7) is 0. The lowest BCUT2D eigenvalue weighted by Crippen LogP contribution is -1.92. The van der Waals surface area contributed by atoms with Crippen LogP contribution in [0.3, 0.4) is 0 Å². The number of methoxy groups -OCH3 is 1. The smallest absolute Gasteiger partial charge is 0.137 e. The number of anilines is 1. The number of hydrogen-bond acceptors (Lipinski definition) is 3. The van der Waals surface area contributed by atoms with Crippen molar-refractivity contribution in [1.82, 2.24) is 0 Å². The van der Waals surface area contributed by atoms with Gasteiger partial charge in [0.25, 0.3) is 0 Å². The summed E-state index contributed by atoms with van der Waals surface area (Å²) in [4.78, 5) is 0. The minimum Gasteiger partial charge on any atom is -0.495 e. The summed E-state index contributed by atoms with van der Waals surface area (Å²) < 4.78 is 17.8. The lowest BCUT2D eigenvalue weighted by Gasteiger charge is -2.05. The average Bonchev–Trinajstić information content (AvgIpc) is 2.41. The fourth-order valence-electron chi connectivity index (χ4n) is 1.47. The Morgan fingerprint density at radius 1 is 1.21 bits per heavy atom. The van der Waals surface area contributed by atoms with Crippen LogP contribution < -0.4 is 10.2 Å². The zero-order chi connectivity index (χ0) is 13.7. The van der Waals surface area contributed by atoms with E-state index in [1.807, 2.05) is 0 Å². The van der Waals surface area contributed by atoms with Crippen molar-refractivity contribution in [2.24, 2.45) is 5.10 Å². The maximum absolute atomic E-state index is 12.7. The molecule has 0 aromatic heterocycles. The highest BCUT2D eigenvalue weighted by molar-refractivity contribution is 6.32. The maximum Gasteiger partial charge on any atom is 0.137 e. The standard InChI is InChI=1S/C14H12ClFN2O/c1-19-14-7-6-12(8-13(14)15)18-17-9-10-2-4-11(16)5-3-10/h2-9,18H,1H3/b17-9+. The summed E-state index contributed by atoms with van der Waals surface area (Å²) in [5.41, 5.74) is 4.38. The Morgan fingerprint density at radius 2 is 1.95 bits per heavy atom. The number of benzene rings is 2. The normalized spacial score (nSPS) is 10.7. The van der Waals surface area contributed by atoms with Crippen molar-refractivity contribution in [2.75, 3.05) is 12.5 Å². The first-order chi connectivity index (χ1) is 9.19. The van der Waals surface area contributed by atoms with Gasteiger partial charge in [0.15, 0.2) is 0 Å². The summed E-state index contributed by atoms with van der Waals surface area (Å²) >= 11 is 5.98. The molecule has 19 heavy (non-hydrogen) atoms. The molecule has 98 valence electrons. The first-order valence-corrected chi connectivity index (χ1v) is 5.95. The predicted molar refractivity (Wildman–Crippen MR) is 75.6 cm³/mol. The second-order valence-electron chi connectivity index (χ2n) is 3.77. The third-order valence-corrected chi connectivity index (χ3v) is 2.72. The molecule has 0 atom stereocenters. The van der Waals surface area contributed by atoms with Crippen LogP contribution in [0.2, 0.25) is 5.02 Å². The molecule has 0 aliphatic rings. The highest BCUT2D eigenvalue weighted by Gasteiger charge is 2.00. The van der Waals surface area contributed by atoms with E-state index in [4.69, 9.17) is 16.3 Å². The van der Waals surface area contributed by atoms with Gasteiger partial charge < -0.3 is 4.74 Å². The van der Waals surface area contributed by atoms with Gasteiger partial charge in [-0.2, -0.15) is 5.10 Å². The Bertz CT molecular complexity index is 584. The molecule has 0 aliphatic heterocycles. The number of ether oxygens (including phenoxy) is 1. The lowest BCUT2D eigenvalue weighted by atomic mass is 10.2. The largest absolute Gasteiger partial charge is 0.495 e. The molecule has 2 aromatic rings. The van der Waals surface area contributed by atoms with E-state index in [-0.39, 0.29) is 5.82 Å². The van der Waals surface area contributed by atoms with E-state index in [9.17, 15) is 4.39 Å². The molecule has 0 spiro atoms. The van der Waals surface area contributed by atoms with Gasteiger partial charge in [0.2, 0.25) is 0 Å². The molecule has 5 heteroatoms. The van der Waals surface area contributed by atoms with Crippen LogP contribution >= 0.6 is 11.6 Å². The van der Waals surface area contributed by atoms with Crippen LogP contribution in [0.15, 0.2) is 47.6 Å². The Labute approximate surface area is 115 Å².